The Morgan fingerprint density at radius 2 is 1.82 bits per heavy atom. The second-order valence-electron chi connectivity index (χ2n) is 8.12. The van der Waals surface area contributed by atoms with Crippen molar-refractivity contribution in [1.82, 2.24) is 10.3 Å². The first-order valence-electron chi connectivity index (χ1n) is 10.8. The number of pyridine rings is 1. The molecule has 1 fully saturated rings. The van der Waals surface area contributed by atoms with E-state index in [-0.39, 0.29) is 17.3 Å². The van der Waals surface area contributed by atoms with Crippen LogP contribution in [0.5, 0.6) is 0 Å². The Morgan fingerprint density at radius 3 is 2.58 bits per heavy atom. The molecule has 0 spiro atoms. The standard InChI is InChI=1S/C25H27N3O4S/c1-18-6-7-21(16-24(18)33(2,30)31)25(29)27-17-22-14-20(8-9-26-22)19-4-3-5-23(15-19)28-10-12-32-13-11-28/h3-9,14-16H,10-13,17H2,1-2H3,(H,27,29). The topological polar surface area (TPSA) is 88.6 Å². The zero-order valence-corrected chi connectivity index (χ0v) is 19.6. The molecular formula is C25H27N3O4S. The lowest BCUT2D eigenvalue weighted by atomic mass is 10.0. The van der Waals surface area contributed by atoms with Crippen molar-refractivity contribution in [2.75, 3.05) is 37.5 Å². The molecule has 7 nitrogen and oxygen atoms in total. The SMILES string of the molecule is Cc1ccc(C(=O)NCc2cc(-c3cccc(N4CCOCC4)c3)ccn2)cc1S(C)(=O)=O. The number of carbonyl (C=O) groups is 1. The van der Waals surface area contributed by atoms with Crippen LogP contribution in [0, 0.1) is 6.92 Å². The lowest BCUT2D eigenvalue weighted by Gasteiger charge is -2.29. The maximum Gasteiger partial charge on any atom is 0.251 e. The number of anilines is 1. The number of rotatable bonds is 6. The van der Waals surface area contributed by atoms with Gasteiger partial charge in [0, 0.05) is 36.8 Å². The zero-order chi connectivity index (χ0) is 23.4. The van der Waals surface area contributed by atoms with E-state index in [2.05, 4.69) is 33.4 Å². The Morgan fingerprint density at radius 1 is 1.06 bits per heavy atom. The first kappa shape index (κ1) is 22.9. The molecule has 172 valence electrons. The van der Waals surface area contributed by atoms with Crippen molar-refractivity contribution in [2.24, 2.45) is 0 Å². The summed E-state index contributed by atoms with van der Waals surface area (Å²) in [4.78, 5) is 19.5. The average molecular weight is 466 g/mol. The molecule has 33 heavy (non-hydrogen) atoms. The number of hydrogen-bond acceptors (Lipinski definition) is 6. The Hall–Kier alpha value is -3.23. The molecule has 1 saturated heterocycles. The highest BCUT2D eigenvalue weighted by atomic mass is 32.2. The van der Waals surface area contributed by atoms with Crippen molar-refractivity contribution in [3.63, 3.8) is 0 Å². The summed E-state index contributed by atoms with van der Waals surface area (Å²) in [5.41, 5.74) is 4.87. The van der Waals surface area contributed by atoms with Gasteiger partial charge in [0.15, 0.2) is 9.84 Å². The molecule has 3 aromatic rings. The fourth-order valence-corrected chi connectivity index (χ4v) is 4.87. The van der Waals surface area contributed by atoms with Gasteiger partial charge < -0.3 is 15.0 Å². The molecule has 1 N–H and O–H groups in total. The van der Waals surface area contributed by atoms with Gasteiger partial charge in [0.05, 0.1) is 30.3 Å². The largest absolute Gasteiger partial charge is 0.378 e. The molecule has 0 saturated carbocycles. The molecule has 1 aliphatic rings. The lowest BCUT2D eigenvalue weighted by Crippen LogP contribution is -2.36. The van der Waals surface area contributed by atoms with E-state index in [0.717, 1.165) is 49.4 Å². The summed E-state index contributed by atoms with van der Waals surface area (Å²) in [7, 11) is -3.41. The Balaban J connectivity index is 1.48. The number of ether oxygens (including phenoxy) is 1. The third-order valence-corrected chi connectivity index (χ3v) is 6.89. The molecule has 2 aromatic carbocycles. The normalized spacial score (nSPS) is 14.2. The van der Waals surface area contributed by atoms with Crippen molar-refractivity contribution in [3.8, 4) is 11.1 Å². The summed E-state index contributed by atoms with van der Waals surface area (Å²) in [6.07, 6.45) is 2.87. The number of amides is 1. The van der Waals surface area contributed by atoms with E-state index in [4.69, 9.17) is 4.74 Å². The van der Waals surface area contributed by atoms with Gasteiger partial charge >= 0.3 is 0 Å². The lowest BCUT2D eigenvalue weighted by molar-refractivity contribution is 0.0950. The van der Waals surface area contributed by atoms with Crippen molar-refractivity contribution < 1.29 is 17.9 Å². The van der Waals surface area contributed by atoms with Gasteiger partial charge in [-0.15, -0.1) is 0 Å². The van der Waals surface area contributed by atoms with E-state index < -0.39 is 9.84 Å². The molecule has 1 amide bonds. The summed E-state index contributed by atoms with van der Waals surface area (Å²) in [5.74, 6) is -0.346. The van der Waals surface area contributed by atoms with Crippen LogP contribution >= 0.6 is 0 Å². The molecule has 1 aromatic heterocycles. The van der Waals surface area contributed by atoms with Crippen LogP contribution in [0.2, 0.25) is 0 Å². The van der Waals surface area contributed by atoms with Gasteiger partial charge in [-0.3, -0.25) is 9.78 Å². The van der Waals surface area contributed by atoms with Gasteiger partial charge in [0.2, 0.25) is 0 Å². The molecule has 2 heterocycles. The minimum atomic E-state index is -3.41. The van der Waals surface area contributed by atoms with Crippen LogP contribution in [0.25, 0.3) is 11.1 Å². The van der Waals surface area contributed by atoms with Gasteiger partial charge in [-0.25, -0.2) is 8.42 Å². The number of aryl methyl sites for hydroxylation is 1. The van der Waals surface area contributed by atoms with Crippen LogP contribution in [0.3, 0.4) is 0 Å². The summed E-state index contributed by atoms with van der Waals surface area (Å²) < 4.78 is 29.4. The van der Waals surface area contributed by atoms with Gasteiger partial charge in [-0.05, 0) is 60.0 Å². The summed E-state index contributed by atoms with van der Waals surface area (Å²) in [6, 6.07) is 16.9. The molecule has 0 aliphatic carbocycles. The maximum absolute atomic E-state index is 12.6. The number of hydrogen-bond donors (Lipinski definition) is 1. The van der Waals surface area contributed by atoms with E-state index >= 15 is 0 Å². The summed E-state index contributed by atoms with van der Waals surface area (Å²) >= 11 is 0. The average Bonchev–Trinajstić information content (AvgIpc) is 2.83. The number of morpholine rings is 1. The van der Waals surface area contributed by atoms with Gasteiger partial charge in [0.25, 0.3) is 5.91 Å². The van der Waals surface area contributed by atoms with E-state index in [1.165, 1.54) is 6.07 Å². The number of sulfone groups is 1. The Kier molecular flexibility index (Phi) is 6.76. The third-order valence-electron chi connectivity index (χ3n) is 5.65. The summed E-state index contributed by atoms with van der Waals surface area (Å²) in [6.45, 7) is 5.15. The predicted octanol–water partition coefficient (Wildman–Crippen LogP) is 3.23. The molecule has 0 bridgehead atoms. The first-order valence-corrected chi connectivity index (χ1v) is 12.7. The number of aromatic nitrogens is 1. The molecule has 0 atom stereocenters. The van der Waals surface area contributed by atoms with Crippen LogP contribution in [-0.2, 0) is 21.1 Å². The van der Waals surface area contributed by atoms with E-state index in [9.17, 15) is 13.2 Å². The first-order chi connectivity index (χ1) is 15.8. The third kappa shape index (κ3) is 5.58. The molecule has 0 unspecified atom stereocenters. The highest BCUT2D eigenvalue weighted by molar-refractivity contribution is 7.90. The van der Waals surface area contributed by atoms with Crippen molar-refractivity contribution in [3.05, 3.63) is 77.6 Å². The molecule has 1 aliphatic heterocycles. The highest BCUT2D eigenvalue weighted by Crippen LogP contribution is 2.25. The van der Waals surface area contributed by atoms with Crippen molar-refractivity contribution >= 4 is 21.4 Å². The number of nitrogens with one attached hydrogen (secondary N) is 1. The van der Waals surface area contributed by atoms with Gasteiger partial charge in [-0.1, -0.05) is 18.2 Å². The monoisotopic (exact) mass is 465 g/mol. The van der Waals surface area contributed by atoms with E-state index in [1.54, 1.807) is 25.3 Å². The maximum atomic E-state index is 12.6. The second kappa shape index (κ2) is 9.72. The molecule has 8 heteroatoms. The number of nitrogens with zero attached hydrogens (tertiary/aromatic N) is 2. The molecular weight excluding hydrogens is 438 g/mol. The van der Waals surface area contributed by atoms with Crippen LogP contribution in [0.4, 0.5) is 5.69 Å². The smallest absolute Gasteiger partial charge is 0.251 e. The van der Waals surface area contributed by atoms with Gasteiger partial charge in [0.1, 0.15) is 0 Å². The summed E-state index contributed by atoms with van der Waals surface area (Å²) in [5, 5.41) is 2.84. The molecule has 0 radical (unpaired) electrons. The van der Waals surface area contributed by atoms with Crippen LogP contribution < -0.4 is 10.2 Å². The predicted molar refractivity (Wildman–Crippen MR) is 128 cm³/mol. The van der Waals surface area contributed by atoms with Crippen LogP contribution in [0.15, 0.2) is 65.7 Å². The minimum absolute atomic E-state index is 0.162. The van der Waals surface area contributed by atoms with E-state index in [0.29, 0.717) is 16.8 Å². The van der Waals surface area contributed by atoms with Crippen LogP contribution in [-0.4, -0.2) is 51.9 Å². The van der Waals surface area contributed by atoms with Crippen molar-refractivity contribution in [1.29, 1.82) is 0 Å². The fourth-order valence-electron chi connectivity index (χ4n) is 3.87. The van der Waals surface area contributed by atoms with Gasteiger partial charge in [-0.2, -0.15) is 0 Å². The van der Waals surface area contributed by atoms with Crippen molar-refractivity contribution in [2.45, 2.75) is 18.4 Å². The molecule has 4 rings (SSSR count). The number of carbonyl (C=O) groups excluding carboxylic acids is 1. The second-order valence-corrected chi connectivity index (χ2v) is 10.1. The zero-order valence-electron chi connectivity index (χ0n) is 18.7. The van der Waals surface area contributed by atoms with Crippen LogP contribution in [0.1, 0.15) is 21.6 Å². The quantitative estimate of drug-likeness (QED) is 0.601. The highest BCUT2D eigenvalue weighted by Gasteiger charge is 2.15. The Bertz CT molecular complexity index is 1270. The fraction of sp³-hybridized carbons (Fsp3) is 0.280. The minimum Gasteiger partial charge on any atom is -0.378 e. The Labute approximate surface area is 194 Å². The number of benzene rings is 2. The van der Waals surface area contributed by atoms with E-state index in [1.807, 2.05) is 18.2 Å².